The van der Waals surface area contributed by atoms with E-state index in [1.165, 1.54) is 31.7 Å². The van der Waals surface area contributed by atoms with Gasteiger partial charge in [0.2, 0.25) is 18.2 Å². The highest BCUT2D eigenvalue weighted by Gasteiger charge is 2.43. The maximum atomic E-state index is 14.4. The van der Waals surface area contributed by atoms with Crippen LogP contribution in [0.25, 0.3) is 0 Å². The van der Waals surface area contributed by atoms with Crippen LogP contribution in [-0.4, -0.2) is 47.0 Å². The van der Waals surface area contributed by atoms with Crippen molar-refractivity contribution in [2.24, 2.45) is 17.8 Å². The number of rotatable bonds is 10. The summed E-state index contributed by atoms with van der Waals surface area (Å²) in [6.07, 6.45) is 9.86. The van der Waals surface area contributed by atoms with Crippen molar-refractivity contribution in [3.63, 3.8) is 0 Å². The first-order chi connectivity index (χ1) is 16.7. The number of methoxy groups -OCH3 is 1. The zero-order valence-corrected chi connectivity index (χ0v) is 19.4. The van der Waals surface area contributed by atoms with Gasteiger partial charge < -0.3 is 18.8 Å². The van der Waals surface area contributed by atoms with E-state index in [0.29, 0.717) is 36.3 Å². The Morgan fingerprint density at radius 3 is 2.71 bits per heavy atom. The van der Waals surface area contributed by atoms with E-state index in [-0.39, 0.29) is 12.2 Å². The number of hydrogen-bond donors (Lipinski definition) is 0. The fourth-order valence-electron chi connectivity index (χ4n) is 4.99. The van der Waals surface area contributed by atoms with Gasteiger partial charge in [0.25, 0.3) is 0 Å². The Kier molecular flexibility index (Phi) is 6.99. The SMILES string of the molecule is COCc1cnc(N2CCC([C@H]3C[C@H]3CCOc3ccc(Cc4nnco4)c(F)c3)CC2)nc1. The fraction of sp³-hybridized carbons (Fsp3) is 0.520. The van der Waals surface area contributed by atoms with Gasteiger partial charge in [0, 0.05) is 44.2 Å². The molecule has 3 aromatic rings. The van der Waals surface area contributed by atoms with Crippen LogP contribution in [0, 0.1) is 23.6 Å². The molecule has 5 rings (SSSR count). The van der Waals surface area contributed by atoms with Gasteiger partial charge >= 0.3 is 0 Å². The molecule has 0 unspecified atom stereocenters. The number of anilines is 1. The molecule has 34 heavy (non-hydrogen) atoms. The van der Waals surface area contributed by atoms with Gasteiger partial charge in [-0.1, -0.05) is 6.07 Å². The molecule has 9 heteroatoms. The van der Waals surface area contributed by atoms with Crippen molar-refractivity contribution in [3.8, 4) is 5.75 Å². The molecule has 0 radical (unpaired) electrons. The van der Waals surface area contributed by atoms with Gasteiger partial charge in [-0.15, -0.1) is 10.2 Å². The van der Waals surface area contributed by atoms with Crippen LogP contribution < -0.4 is 9.64 Å². The third kappa shape index (κ3) is 5.52. The minimum absolute atomic E-state index is 0.278. The van der Waals surface area contributed by atoms with Crippen molar-refractivity contribution in [2.45, 2.75) is 38.7 Å². The maximum absolute atomic E-state index is 14.4. The van der Waals surface area contributed by atoms with E-state index in [4.69, 9.17) is 13.9 Å². The minimum atomic E-state index is -0.316. The molecule has 0 N–H and O–H groups in total. The molecule has 2 aliphatic rings. The van der Waals surface area contributed by atoms with Gasteiger partial charge in [0.15, 0.2) is 0 Å². The number of benzene rings is 1. The lowest BCUT2D eigenvalue weighted by molar-refractivity contribution is 0.184. The number of piperidine rings is 1. The van der Waals surface area contributed by atoms with Crippen molar-refractivity contribution >= 4 is 5.95 Å². The van der Waals surface area contributed by atoms with Crippen LogP contribution >= 0.6 is 0 Å². The van der Waals surface area contributed by atoms with E-state index in [1.807, 2.05) is 12.4 Å². The van der Waals surface area contributed by atoms with Gasteiger partial charge in [-0.25, -0.2) is 14.4 Å². The normalized spacial score (nSPS) is 20.5. The Hall–Kier alpha value is -3.07. The maximum Gasteiger partial charge on any atom is 0.225 e. The van der Waals surface area contributed by atoms with Gasteiger partial charge in [0.05, 0.1) is 19.6 Å². The van der Waals surface area contributed by atoms with Gasteiger partial charge in [-0.05, 0) is 55.1 Å². The predicted molar refractivity (Wildman–Crippen MR) is 123 cm³/mol. The summed E-state index contributed by atoms with van der Waals surface area (Å²) in [7, 11) is 1.67. The van der Waals surface area contributed by atoms with Gasteiger partial charge in [-0.3, -0.25) is 0 Å². The minimum Gasteiger partial charge on any atom is -0.493 e. The zero-order valence-electron chi connectivity index (χ0n) is 19.4. The van der Waals surface area contributed by atoms with Crippen LogP contribution in [-0.2, 0) is 17.8 Å². The summed E-state index contributed by atoms with van der Waals surface area (Å²) in [6, 6.07) is 4.96. The van der Waals surface area contributed by atoms with Crippen LogP contribution in [0.2, 0.25) is 0 Å². The lowest BCUT2D eigenvalue weighted by atomic mass is 9.90. The van der Waals surface area contributed by atoms with Crippen molar-refractivity contribution < 1.29 is 18.3 Å². The molecule has 1 saturated carbocycles. The number of halogens is 1. The van der Waals surface area contributed by atoms with Gasteiger partial charge in [-0.2, -0.15) is 0 Å². The molecular weight excluding hydrogens is 437 g/mol. The third-order valence-corrected chi connectivity index (χ3v) is 6.94. The van der Waals surface area contributed by atoms with Crippen molar-refractivity contribution in [1.82, 2.24) is 20.2 Å². The van der Waals surface area contributed by atoms with Crippen LogP contribution in [0.1, 0.15) is 42.7 Å². The lowest BCUT2D eigenvalue weighted by Crippen LogP contribution is -2.35. The summed E-state index contributed by atoms with van der Waals surface area (Å²) >= 11 is 0. The van der Waals surface area contributed by atoms with E-state index in [0.717, 1.165) is 42.9 Å². The first-order valence-corrected chi connectivity index (χ1v) is 11.9. The lowest BCUT2D eigenvalue weighted by Gasteiger charge is -2.32. The Morgan fingerprint density at radius 2 is 2.00 bits per heavy atom. The molecule has 0 bridgehead atoms. The fourth-order valence-corrected chi connectivity index (χ4v) is 4.99. The summed E-state index contributed by atoms with van der Waals surface area (Å²) in [4.78, 5) is 11.3. The van der Waals surface area contributed by atoms with Crippen LogP contribution in [0.15, 0.2) is 41.4 Å². The number of ether oxygens (including phenoxy) is 2. The van der Waals surface area contributed by atoms with E-state index in [2.05, 4.69) is 25.1 Å². The van der Waals surface area contributed by atoms with Crippen LogP contribution in [0.3, 0.4) is 0 Å². The molecule has 2 aromatic heterocycles. The molecule has 1 aliphatic heterocycles. The molecule has 0 spiro atoms. The molecular formula is C25H30FN5O3. The first-order valence-electron chi connectivity index (χ1n) is 11.9. The first kappa shape index (κ1) is 22.7. The Balaban J connectivity index is 1.02. The second kappa shape index (κ2) is 10.5. The predicted octanol–water partition coefficient (Wildman–Crippen LogP) is 4.06. The molecule has 1 aliphatic carbocycles. The molecule has 1 saturated heterocycles. The monoisotopic (exact) mass is 467 g/mol. The highest BCUT2D eigenvalue weighted by Crippen LogP contribution is 2.49. The molecule has 3 heterocycles. The number of aromatic nitrogens is 4. The van der Waals surface area contributed by atoms with E-state index in [1.54, 1.807) is 19.2 Å². The molecule has 1 aromatic carbocycles. The third-order valence-electron chi connectivity index (χ3n) is 6.94. The van der Waals surface area contributed by atoms with Crippen LogP contribution in [0.4, 0.5) is 10.3 Å². The van der Waals surface area contributed by atoms with E-state index in [9.17, 15) is 4.39 Å². The average Bonchev–Trinajstić information content (AvgIpc) is 3.44. The summed E-state index contributed by atoms with van der Waals surface area (Å²) < 4.78 is 30.4. The Morgan fingerprint density at radius 1 is 1.18 bits per heavy atom. The Labute approximate surface area is 198 Å². The van der Waals surface area contributed by atoms with Gasteiger partial charge in [0.1, 0.15) is 11.6 Å². The largest absolute Gasteiger partial charge is 0.493 e. The number of nitrogens with zero attached hydrogens (tertiary/aromatic N) is 5. The summed E-state index contributed by atoms with van der Waals surface area (Å²) in [5.74, 6) is 3.71. The topological polar surface area (TPSA) is 86.4 Å². The molecule has 2 fully saturated rings. The molecule has 2 atom stereocenters. The highest BCUT2D eigenvalue weighted by atomic mass is 19.1. The van der Waals surface area contributed by atoms with Crippen molar-refractivity contribution in [3.05, 3.63) is 59.8 Å². The second-order valence-electron chi connectivity index (χ2n) is 9.21. The van der Waals surface area contributed by atoms with Crippen molar-refractivity contribution in [2.75, 3.05) is 31.7 Å². The summed E-state index contributed by atoms with van der Waals surface area (Å²) in [6.45, 7) is 3.16. The average molecular weight is 468 g/mol. The van der Waals surface area contributed by atoms with E-state index >= 15 is 0 Å². The number of hydrogen-bond acceptors (Lipinski definition) is 8. The molecule has 0 amide bonds. The smallest absolute Gasteiger partial charge is 0.225 e. The van der Waals surface area contributed by atoms with Crippen LogP contribution in [0.5, 0.6) is 5.75 Å². The highest BCUT2D eigenvalue weighted by molar-refractivity contribution is 5.31. The zero-order chi connectivity index (χ0) is 23.3. The summed E-state index contributed by atoms with van der Waals surface area (Å²) in [5.41, 5.74) is 1.51. The molecule has 8 nitrogen and oxygen atoms in total. The second-order valence-corrected chi connectivity index (χ2v) is 9.21. The van der Waals surface area contributed by atoms with E-state index < -0.39 is 0 Å². The Bertz CT molecular complexity index is 1050. The quantitative estimate of drug-likeness (QED) is 0.441. The summed E-state index contributed by atoms with van der Waals surface area (Å²) in [5, 5.41) is 7.42. The molecule has 180 valence electrons. The van der Waals surface area contributed by atoms with Crippen molar-refractivity contribution in [1.29, 1.82) is 0 Å². The standard InChI is InChI=1S/C25H30FN5O3/c1-32-15-17-13-27-25(28-14-17)31-7-4-18(5-8-31)22-10-19(22)6-9-33-21-3-2-20(23(26)12-21)11-24-30-29-16-34-24/h2-3,12-14,16,18-19,22H,4-11,15H2,1H3/t19-,22-/m1/s1.